The third-order valence-corrected chi connectivity index (χ3v) is 6.96. The number of rotatable bonds is 11. The van der Waals surface area contributed by atoms with E-state index in [-0.39, 0.29) is 17.4 Å². The molecule has 0 aliphatic rings. The van der Waals surface area contributed by atoms with E-state index in [1.807, 2.05) is 19.1 Å². The molecule has 0 bridgehead atoms. The summed E-state index contributed by atoms with van der Waals surface area (Å²) in [6.45, 7) is 2.44. The highest BCUT2D eigenvalue weighted by molar-refractivity contribution is 8.00. The van der Waals surface area contributed by atoms with Gasteiger partial charge < -0.3 is 20.7 Å². The predicted octanol–water partition coefficient (Wildman–Crippen LogP) is 6.88. The highest BCUT2D eigenvalue weighted by atomic mass is 35.5. The Morgan fingerprint density at radius 3 is 2.32 bits per heavy atom. The second kappa shape index (κ2) is 14.7. The van der Waals surface area contributed by atoms with Crippen LogP contribution in [0.3, 0.4) is 0 Å². The smallest absolute Gasteiger partial charge is 0.272 e. The Kier molecular flexibility index (Phi) is 10.6. The van der Waals surface area contributed by atoms with Gasteiger partial charge in [0.15, 0.2) is 0 Å². The van der Waals surface area contributed by atoms with E-state index in [0.717, 1.165) is 4.90 Å². The zero-order valence-electron chi connectivity index (χ0n) is 22.2. The Hall–Kier alpha value is -4.53. The van der Waals surface area contributed by atoms with Crippen molar-refractivity contribution in [1.29, 1.82) is 0 Å². The fraction of sp³-hybridized carbons (Fsp3) is 0.0938. The van der Waals surface area contributed by atoms with E-state index in [1.54, 1.807) is 97.1 Å². The Balaban J connectivity index is 1.46. The van der Waals surface area contributed by atoms with Gasteiger partial charge in [-0.05, 0) is 73.2 Å². The number of halogens is 1. The molecule has 0 atom stereocenters. The van der Waals surface area contributed by atoms with Crippen molar-refractivity contribution in [3.8, 4) is 5.75 Å². The number of para-hydroxylation sites is 1. The second-order valence-electron chi connectivity index (χ2n) is 8.68. The molecule has 0 saturated carbocycles. The average Bonchev–Trinajstić information content (AvgIpc) is 2.98. The van der Waals surface area contributed by atoms with Crippen molar-refractivity contribution >= 4 is 58.5 Å². The van der Waals surface area contributed by atoms with Crippen LogP contribution in [0.25, 0.3) is 6.08 Å². The SMILES string of the molecule is CCOc1ccc(/C=C(/NC(=O)c2ccccc2)C(=O)Nc2cccc(SCC(=O)Nc3ccccc3Cl)c2)cc1. The molecule has 0 radical (unpaired) electrons. The summed E-state index contributed by atoms with van der Waals surface area (Å²) in [5.74, 6) is -0.257. The largest absolute Gasteiger partial charge is 0.494 e. The monoisotopic (exact) mass is 585 g/mol. The van der Waals surface area contributed by atoms with Crippen LogP contribution in [0.2, 0.25) is 5.02 Å². The third kappa shape index (κ3) is 8.99. The molecule has 0 unspecified atom stereocenters. The van der Waals surface area contributed by atoms with Crippen LogP contribution in [0.5, 0.6) is 5.75 Å². The van der Waals surface area contributed by atoms with Crippen molar-refractivity contribution in [2.75, 3.05) is 23.0 Å². The molecule has 208 valence electrons. The van der Waals surface area contributed by atoms with Gasteiger partial charge in [-0.3, -0.25) is 14.4 Å². The van der Waals surface area contributed by atoms with E-state index >= 15 is 0 Å². The van der Waals surface area contributed by atoms with E-state index in [4.69, 9.17) is 16.3 Å². The van der Waals surface area contributed by atoms with Crippen LogP contribution in [0.4, 0.5) is 11.4 Å². The van der Waals surface area contributed by atoms with Crippen LogP contribution in [-0.4, -0.2) is 30.1 Å². The van der Waals surface area contributed by atoms with Gasteiger partial charge >= 0.3 is 0 Å². The lowest BCUT2D eigenvalue weighted by Gasteiger charge is -2.12. The summed E-state index contributed by atoms with van der Waals surface area (Å²) in [6.07, 6.45) is 1.60. The van der Waals surface area contributed by atoms with Gasteiger partial charge in [0.25, 0.3) is 11.8 Å². The van der Waals surface area contributed by atoms with Crippen LogP contribution in [0, 0.1) is 0 Å². The van der Waals surface area contributed by atoms with Gasteiger partial charge in [0.1, 0.15) is 11.4 Å². The predicted molar refractivity (Wildman–Crippen MR) is 165 cm³/mol. The standard InChI is InChI=1S/C32H28ClN3O4S/c1-2-40-25-17-15-22(16-18-25)19-29(36-31(38)23-9-4-3-5-10-23)32(39)34-24-11-8-12-26(20-24)41-21-30(37)35-28-14-7-6-13-27(28)33/h3-20H,2,21H2,1H3,(H,34,39)(H,35,37)(H,36,38)/b29-19+. The number of anilines is 2. The van der Waals surface area contributed by atoms with Gasteiger partial charge in [-0.1, -0.05) is 60.1 Å². The molecule has 0 aromatic heterocycles. The molecule has 3 N–H and O–H groups in total. The average molecular weight is 586 g/mol. The minimum atomic E-state index is -0.498. The normalized spacial score (nSPS) is 10.9. The summed E-state index contributed by atoms with van der Waals surface area (Å²) in [6, 6.07) is 30.0. The molecule has 0 saturated heterocycles. The molecule has 9 heteroatoms. The van der Waals surface area contributed by atoms with E-state index < -0.39 is 11.8 Å². The Labute approximate surface area is 248 Å². The van der Waals surface area contributed by atoms with Crippen LogP contribution in [0.1, 0.15) is 22.8 Å². The number of nitrogens with one attached hydrogen (secondary N) is 3. The van der Waals surface area contributed by atoms with Gasteiger partial charge in [0, 0.05) is 16.1 Å². The van der Waals surface area contributed by atoms with Gasteiger partial charge in [-0.15, -0.1) is 11.8 Å². The molecular formula is C32H28ClN3O4S. The summed E-state index contributed by atoms with van der Waals surface area (Å²) < 4.78 is 5.49. The van der Waals surface area contributed by atoms with E-state index in [2.05, 4.69) is 16.0 Å². The fourth-order valence-electron chi connectivity index (χ4n) is 3.70. The fourth-order valence-corrected chi connectivity index (χ4v) is 4.63. The van der Waals surface area contributed by atoms with Crippen LogP contribution >= 0.6 is 23.4 Å². The molecular weight excluding hydrogens is 558 g/mol. The zero-order chi connectivity index (χ0) is 29.0. The molecule has 0 aliphatic heterocycles. The molecule has 0 heterocycles. The highest BCUT2D eigenvalue weighted by Crippen LogP contribution is 2.24. The summed E-state index contributed by atoms with van der Waals surface area (Å²) in [5, 5.41) is 8.83. The van der Waals surface area contributed by atoms with Gasteiger partial charge in [-0.2, -0.15) is 0 Å². The first-order valence-corrected chi connectivity index (χ1v) is 14.2. The van der Waals surface area contributed by atoms with E-state index in [9.17, 15) is 14.4 Å². The Morgan fingerprint density at radius 1 is 0.854 bits per heavy atom. The molecule has 4 aromatic rings. The summed E-state index contributed by atoms with van der Waals surface area (Å²) in [4.78, 5) is 39.5. The lowest BCUT2D eigenvalue weighted by atomic mass is 10.1. The number of benzene rings is 4. The maximum atomic E-state index is 13.4. The highest BCUT2D eigenvalue weighted by Gasteiger charge is 2.16. The maximum Gasteiger partial charge on any atom is 0.272 e. The van der Waals surface area contributed by atoms with Crippen LogP contribution in [0.15, 0.2) is 114 Å². The van der Waals surface area contributed by atoms with E-state index in [0.29, 0.717) is 39.9 Å². The second-order valence-corrected chi connectivity index (χ2v) is 10.1. The zero-order valence-corrected chi connectivity index (χ0v) is 23.8. The van der Waals surface area contributed by atoms with Crippen molar-refractivity contribution in [2.24, 2.45) is 0 Å². The number of amides is 3. The minimum absolute atomic E-state index is 0.0696. The molecule has 0 fully saturated rings. The quantitative estimate of drug-likeness (QED) is 0.132. The summed E-state index contributed by atoms with van der Waals surface area (Å²) >= 11 is 7.44. The molecule has 0 spiro atoms. The molecule has 41 heavy (non-hydrogen) atoms. The molecule has 4 aromatic carbocycles. The molecule has 0 aliphatic carbocycles. The van der Waals surface area contributed by atoms with Crippen molar-refractivity contribution in [1.82, 2.24) is 5.32 Å². The number of thioether (sulfide) groups is 1. The maximum absolute atomic E-state index is 13.4. The number of ether oxygens (including phenoxy) is 1. The first-order chi connectivity index (χ1) is 19.9. The van der Waals surface area contributed by atoms with Gasteiger partial charge in [-0.25, -0.2) is 0 Å². The molecule has 3 amide bonds. The van der Waals surface area contributed by atoms with Gasteiger partial charge in [0.2, 0.25) is 5.91 Å². The van der Waals surface area contributed by atoms with Crippen molar-refractivity contribution in [3.05, 3.63) is 125 Å². The lowest BCUT2D eigenvalue weighted by molar-refractivity contribution is -0.114. The first-order valence-electron chi connectivity index (χ1n) is 12.8. The lowest BCUT2D eigenvalue weighted by Crippen LogP contribution is -2.30. The third-order valence-electron chi connectivity index (χ3n) is 5.64. The number of carbonyl (C=O) groups is 3. The number of hydrogen-bond acceptors (Lipinski definition) is 5. The summed E-state index contributed by atoms with van der Waals surface area (Å²) in [7, 11) is 0. The molecule has 4 rings (SSSR count). The topological polar surface area (TPSA) is 96.5 Å². The van der Waals surface area contributed by atoms with Gasteiger partial charge in [0.05, 0.1) is 23.1 Å². The van der Waals surface area contributed by atoms with Crippen molar-refractivity contribution in [2.45, 2.75) is 11.8 Å². The van der Waals surface area contributed by atoms with Crippen molar-refractivity contribution in [3.63, 3.8) is 0 Å². The van der Waals surface area contributed by atoms with Crippen molar-refractivity contribution < 1.29 is 19.1 Å². The first kappa shape index (κ1) is 29.5. The number of hydrogen-bond donors (Lipinski definition) is 3. The van der Waals surface area contributed by atoms with Crippen LogP contribution < -0.4 is 20.7 Å². The van der Waals surface area contributed by atoms with E-state index in [1.165, 1.54) is 11.8 Å². The number of carbonyl (C=O) groups excluding carboxylic acids is 3. The Bertz CT molecular complexity index is 1540. The summed E-state index contributed by atoms with van der Waals surface area (Å²) in [5.41, 5.74) is 2.26. The minimum Gasteiger partial charge on any atom is -0.494 e. The van der Waals surface area contributed by atoms with Crippen LogP contribution in [-0.2, 0) is 9.59 Å². The Morgan fingerprint density at radius 2 is 1.59 bits per heavy atom. The molecule has 7 nitrogen and oxygen atoms in total.